The molecule has 0 rings (SSSR count). The summed E-state index contributed by atoms with van der Waals surface area (Å²) in [5.74, 6) is 0.949. The van der Waals surface area contributed by atoms with Crippen LogP contribution in [0.2, 0.25) is 0 Å². The summed E-state index contributed by atoms with van der Waals surface area (Å²) >= 11 is 8.14. The Balaban J connectivity index is 0. The first-order chi connectivity index (χ1) is 4.18. The Morgan fingerprint density at radius 1 is 1.67 bits per heavy atom. The molecular weight excluding hydrogens is 152 g/mol. The second-order valence-electron chi connectivity index (χ2n) is 1.60. The van der Waals surface area contributed by atoms with Crippen molar-refractivity contribution in [2.24, 2.45) is 0 Å². The van der Waals surface area contributed by atoms with Crippen LogP contribution >= 0.6 is 25.3 Å². The van der Waals surface area contributed by atoms with Crippen molar-refractivity contribution in [1.82, 2.24) is 0 Å². The van der Waals surface area contributed by atoms with Crippen LogP contribution in [0, 0.1) is 0 Å². The van der Waals surface area contributed by atoms with Crippen molar-refractivity contribution in [1.29, 1.82) is 0 Å². The highest BCUT2D eigenvalue weighted by Gasteiger charge is 1.87. The van der Waals surface area contributed by atoms with Gasteiger partial charge in [-0.05, 0) is 24.3 Å². The molecule has 0 amide bonds. The minimum Gasteiger partial charge on any atom is -0.304 e. The van der Waals surface area contributed by atoms with Crippen molar-refractivity contribution >= 4 is 31.5 Å². The maximum Gasteiger partial charge on any atom is 0.116 e. The van der Waals surface area contributed by atoms with Gasteiger partial charge in [-0.3, -0.25) is 0 Å². The van der Waals surface area contributed by atoms with Crippen LogP contribution in [-0.4, -0.2) is 17.3 Å². The maximum absolute atomic E-state index is 8.81. The van der Waals surface area contributed by atoms with Gasteiger partial charge >= 0.3 is 0 Å². The molecule has 1 atom stereocenters. The fourth-order valence-electron chi connectivity index (χ4n) is 0.187. The van der Waals surface area contributed by atoms with Crippen LogP contribution in [-0.2, 0) is 4.79 Å². The van der Waals surface area contributed by atoms with Crippen LogP contribution in [0.3, 0.4) is 0 Å². The summed E-state index contributed by atoms with van der Waals surface area (Å²) in [5, 5.41) is 0.516. The van der Waals surface area contributed by atoms with E-state index in [1.807, 2.05) is 0 Å². The highest BCUT2D eigenvalue weighted by molar-refractivity contribution is 7.81. The highest BCUT2D eigenvalue weighted by Crippen LogP contribution is 1.98. The number of hydrogen-bond donors (Lipinski definition) is 2. The van der Waals surface area contributed by atoms with Gasteiger partial charge in [0.15, 0.2) is 0 Å². The first kappa shape index (κ1) is 12.1. The zero-order valence-corrected chi connectivity index (χ0v) is 7.66. The largest absolute Gasteiger partial charge is 0.304 e. The van der Waals surface area contributed by atoms with Gasteiger partial charge in [0, 0.05) is 0 Å². The molecule has 3 heteroatoms. The molecule has 0 bridgehead atoms. The number of carbonyl (C=O) groups excluding carboxylic acids is 1. The lowest BCUT2D eigenvalue weighted by molar-refractivity contribution is -0.106. The van der Waals surface area contributed by atoms with Gasteiger partial charge < -0.3 is 4.79 Å². The molecule has 1 unspecified atom stereocenters. The summed E-state index contributed by atoms with van der Waals surface area (Å²) in [7, 11) is 0. The van der Waals surface area contributed by atoms with E-state index in [1.165, 1.54) is 6.92 Å². The molecule has 0 aromatic carbocycles. The number of thiol groups is 2. The first-order valence-corrected chi connectivity index (χ1v) is 4.02. The molecule has 0 radical (unpaired) electrons. The molecule has 0 heterocycles. The van der Waals surface area contributed by atoms with Crippen molar-refractivity contribution in [3.05, 3.63) is 0 Å². The van der Waals surface area contributed by atoms with E-state index in [0.717, 1.165) is 18.5 Å². The molecule has 0 N–H and O–H groups in total. The lowest BCUT2D eigenvalue weighted by atomic mass is 10.4. The predicted molar refractivity (Wildman–Crippen MR) is 48.7 cm³/mol. The SMILES string of the molecule is CC(S)CCS.CC=O. The third-order valence-electron chi connectivity index (χ3n) is 0.547. The zero-order chi connectivity index (χ0) is 7.70. The van der Waals surface area contributed by atoms with E-state index < -0.39 is 0 Å². The van der Waals surface area contributed by atoms with Crippen LogP contribution in [0.5, 0.6) is 0 Å². The van der Waals surface area contributed by atoms with Gasteiger partial charge in [0.25, 0.3) is 0 Å². The minimum absolute atomic E-state index is 0.516. The van der Waals surface area contributed by atoms with E-state index in [-0.39, 0.29) is 0 Å². The number of carbonyl (C=O) groups is 1. The highest BCUT2D eigenvalue weighted by atomic mass is 32.1. The van der Waals surface area contributed by atoms with Gasteiger partial charge in [-0.25, -0.2) is 0 Å². The van der Waals surface area contributed by atoms with Crippen molar-refractivity contribution in [2.75, 3.05) is 5.75 Å². The van der Waals surface area contributed by atoms with Gasteiger partial charge in [-0.15, -0.1) is 0 Å². The molecule has 0 aliphatic rings. The van der Waals surface area contributed by atoms with E-state index in [0.29, 0.717) is 5.25 Å². The van der Waals surface area contributed by atoms with Crippen LogP contribution in [0.15, 0.2) is 0 Å². The molecule has 0 aromatic heterocycles. The standard InChI is InChI=1S/C4H10S2.C2H4O/c1-4(6)2-3-5;1-2-3/h4-6H,2-3H2,1H3;2H,1H3. The molecule has 1 nitrogen and oxygen atoms in total. The fourth-order valence-corrected chi connectivity index (χ4v) is 0.907. The van der Waals surface area contributed by atoms with E-state index in [2.05, 4.69) is 32.2 Å². The lowest BCUT2D eigenvalue weighted by Gasteiger charge is -1.94. The molecule has 0 fully saturated rings. The third kappa shape index (κ3) is 29.9. The van der Waals surface area contributed by atoms with Crippen molar-refractivity contribution in [2.45, 2.75) is 25.5 Å². The van der Waals surface area contributed by atoms with E-state index in [4.69, 9.17) is 4.79 Å². The second kappa shape index (κ2) is 11.2. The number of hydrogen-bond acceptors (Lipinski definition) is 3. The summed E-state index contributed by atoms with van der Waals surface area (Å²) in [5.41, 5.74) is 0. The molecule has 0 saturated heterocycles. The fraction of sp³-hybridized carbons (Fsp3) is 0.833. The monoisotopic (exact) mass is 166 g/mol. The summed E-state index contributed by atoms with van der Waals surface area (Å²) < 4.78 is 0. The van der Waals surface area contributed by atoms with Crippen LogP contribution in [0.4, 0.5) is 0 Å². The van der Waals surface area contributed by atoms with Gasteiger partial charge in [0.2, 0.25) is 0 Å². The van der Waals surface area contributed by atoms with Crippen LogP contribution in [0.1, 0.15) is 20.3 Å². The van der Waals surface area contributed by atoms with E-state index in [9.17, 15) is 0 Å². The Kier molecular flexibility index (Phi) is 15.0. The molecule has 0 aliphatic carbocycles. The topological polar surface area (TPSA) is 17.1 Å². The predicted octanol–water partition coefficient (Wildman–Crippen LogP) is 1.83. The molecule has 0 spiro atoms. The Morgan fingerprint density at radius 3 is 2.00 bits per heavy atom. The maximum atomic E-state index is 8.81. The lowest BCUT2D eigenvalue weighted by Crippen LogP contribution is -1.89. The second-order valence-corrected chi connectivity index (χ2v) is 2.93. The smallest absolute Gasteiger partial charge is 0.116 e. The van der Waals surface area contributed by atoms with Gasteiger partial charge in [0.1, 0.15) is 6.29 Å². The number of aldehydes is 1. The summed E-state index contributed by atoms with van der Waals surface area (Å²) in [6, 6.07) is 0. The average molecular weight is 166 g/mol. The summed E-state index contributed by atoms with van der Waals surface area (Å²) in [4.78, 5) is 8.81. The molecular formula is C6H14OS2. The normalized spacial score (nSPS) is 11.1. The van der Waals surface area contributed by atoms with Gasteiger partial charge in [-0.1, -0.05) is 6.92 Å². The molecule has 0 saturated carbocycles. The van der Waals surface area contributed by atoms with E-state index >= 15 is 0 Å². The molecule has 0 aliphatic heterocycles. The molecule has 9 heavy (non-hydrogen) atoms. The zero-order valence-electron chi connectivity index (χ0n) is 5.87. The van der Waals surface area contributed by atoms with Crippen molar-refractivity contribution in [3.63, 3.8) is 0 Å². The minimum atomic E-state index is 0.516. The van der Waals surface area contributed by atoms with Crippen molar-refractivity contribution in [3.8, 4) is 0 Å². The van der Waals surface area contributed by atoms with Crippen molar-refractivity contribution < 1.29 is 4.79 Å². The summed E-state index contributed by atoms with van der Waals surface area (Å²) in [6.45, 7) is 3.51. The first-order valence-electron chi connectivity index (χ1n) is 2.87. The number of rotatable bonds is 2. The Bertz CT molecular complexity index is 55.0. The molecule has 56 valence electrons. The Labute approximate surface area is 68.0 Å². The molecule has 0 aromatic rings. The quantitative estimate of drug-likeness (QED) is 0.473. The van der Waals surface area contributed by atoms with Gasteiger partial charge in [-0.2, -0.15) is 25.3 Å². The average Bonchev–Trinajstić information content (AvgIpc) is 1.67. The Hall–Kier alpha value is 0.370. The van der Waals surface area contributed by atoms with E-state index in [1.54, 1.807) is 0 Å². The Morgan fingerprint density at radius 2 is 2.00 bits per heavy atom. The van der Waals surface area contributed by atoms with Gasteiger partial charge in [0.05, 0.1) is 0 Å². The third-order valence-corrected chi connectivity index (χ3v) is 1.06. The van der Waals surface area contributed by atoms with Crippen LogP contribution in [0.25, 0.3) is 0 Å². The van der Waals surface area contributed by atoms with Crippen LogP contribution < -0.4 is 0 Å². The summed E-state index contributed by atoms with van der Waals surface area (Å²) in [6.07, 6.45) is 1.85.